The van der Waals surface area contributed by atoms with Crippen LogP contribution in [-0.4, -0.2) is 57.6 Å². The molecule has 3 aliphatic heterocycles. The Morgan fingerprint density at radius 3 is 2.77 bits per heavy atom. The molecule has 0 aromatic carbocycles. The van der Waals surface area contributed by atoms with Crippen LogP contribution in [0.1, 0.15) is 109 Å². The standard InChI is InChI=1S/C42H55N3O6S2/c1-4-41(15-5-6-16-41)21-31-30-11-10-29-28-13-17-42(36(29)35(30)39(48)50-31)32-12-9-24(2)38(44-22-25(3)47)53-52-23-45-33-20-26(14-18-43-33)27(8-7-19-46)34(28)37(42)40(49)51-32/h12,14,18,20-21,24-25,27-29,36,38,44,46-47H,4-11,13,15-17,19,22-23H2,1-3H3,(H,43,45)/b31-21-,32-12-/t24-,25+,27+,28+,29+,36-,38-,42+/m1/s1. The van der Waals surface area contributed by atoms with Crippen LogP contribution >= 0.6 is 21.6 Å². The normalized spacial score (nSPS) is 35.7. The van der Waals surface area contributed by atoms with Gasteiger partial charge < -0.3 is 30.3 Å². The number of carbonyl (C=O) groups is 2. The van der Waals surface area contributed by atoms with Crippen molar-refractivity contribution in [2.45, 2.75) is 115 Å². The third kappa shape index (κ3) is 6.54. The molecule has 0 amide bonds. The van der Waals surface area contributed by atoms with Gasteiger partial charge in [0, 0.05) is 42.3 Å². The summed E-state index contributed by atoms with van der Waals surface area (Å²) < 4.78 is 12.8. The van der Waals surface area contributed by atoms with Crippen LogP contribution < -0.4 is 10.6 Å². The van der Waals surface area contributed by atoms with E-state index in [1.165, 1.54) is 12.8 Å². The monoisotopic (exact) mass is 761 g/mol. The van der Waals surface area contributed by atoms with Crippen molar-refractivity contribution in [3.63, 3.8) is 0 Å². The number of aromatic nitrogens is 1. The lowest BCUT2D eigenvalue weighted by atomic mass is 9.43. The molecular formula is C42H55N3O6S2. The van der Waals surface area contributed by atoms with Crippen LogP contribution in [0.15, 0.2) is 64.3 Å². The molecule has 8 atom stereocenters. The Labute approximate surface area is 321 Å². The number of pyridine rings is 1. The molecule has 4 heterocycles. The molecule has 4 N–H and O–H groups in total. The predicted molar refractivity (Wildman–Crippen MR) is 209 cm³/mol. The van der Waals surface area contributed by atoms with Gasteiger partial charge in [0.25, 0.3) is 0 Å². The number of fused-ring (bicyclic) bond motifs is 3. The fourth-order valence-electron chi connectivity index (χ4n) is 11.1. The minimum Gasteiger partial charge on any atom is -0.427 e. The number of hydrogen-bond donors (Lipinski definition) is 4. The first kappa shape index (κ1) is 37.4. The van der Waals surface area contributed by atoms with Gasteiger partial charge in [0.05, 0.1) is 28.3 Å². The molecule has 5 aliphatic carbocycles. The zero-order chi connectivity index (χ0) is 36.9. The first-order chi connectivity index (χ1) is 25.7. The Balaban J connectivity index is 1.31. The lowest BCUT2D eigenvalue weighted by molar-refractivity contribution is -0.135. The number of nitrogens with zero attached hydrogens (tertiary/aromatic N) is 1. The van der Waals surface area contributed by atoms with Gasteiger partial charge in [-0.2, -0.15) is 0 Å². The molecule has 286 valence electrons. The van der Waals surface area contributed by atoms with E-state index in [9.17, 15) is 19.8 Å². The Morgan fingerprint density at radius 2 is 2.00 bits per heavy atom. The van der Waals surface area contributed by atoms with E-state index in [2.05, 4.69) is 53.7 Å². The van der Waals surface area contributed by atoms with Crippen LogP contribution in [0.25, 0.3) is 0 Å². The number of aliphatic hydroxyl groups is 2. The third-order valence-electron chi connectivity index (χ3n) is 13.6. The first-order valence-electron chi connectivity index (χ1n) is 20.1. The maximum atomic E-state index is 14.6. The largest absolute Gasteiger partial charge is 0.427 e. The second-order valence-electron chi connectivity index (χ2n) is 16.6. The number of cyclic esters (lactones) is 1. The molecule has 1 aromatic rings. The van der Waals surface area contributed by atoms with E-state index in [4.69, 9.17) is 9.47 Å². The van der Waals surface area contributed by atoms with Gasteiger partial charge in [-0.15, -0.1) is 0 Å². The number of rotatable bonds is 8. The minimum absolute atomic E-state index is 0.0290. The van der Waals surface area contributed by atoms with Gasteiger partial charge in [-0.3, -0.25) is 0 Å². The number of carbonyl (C=O) groups excluding carboxylic acids is 2. The number of esters is 2. The summed E-state index contributed by atoms with van der Waals surface area (Å²) in [5.41, 5.74) is 4.15. The van der Waals surface area contributed by atoms with E-state index in [0.29, 0.717) is 37.4 Å². The van der Waals surface area contributed by atoms with Crippen molar-refractivity contribution >= 4 is 39.3 Å². The molecule has 3 fully saturated rings. The lowest BCUT2D eigenvalue weighted by Gasteiger charge is -2.57. The molecule has 1 spiro atoms. The van der Waals surface area contributed by atoms with E-state index < -0.39 is 11.5 Å². The highest BCUT2D eigenvalue weighted by atomic mass is 33.1. The highest BCUT2D eigenvalue weighted by Crippen LogP contribution is 2.72. The quantitative estimate of drug-likeness (QED) is 0.152. The second-order valence-corrected chi connectivity index (χ2v) is 19.1. The predicted octanol–water partition coefficient (Wildman–Crippen LogP) is 7.91. The molecule has 0 unspecified atom stereocenters. The van der Waals surface area contributed by atoms with Crippen LogP contribution in [0, 0.1) is 34.5 Å². The SMILES string of the molecule is CCC1(/C=C2\OC(=O)C3=C2CC[C@H]2[C@@H]4CC[C@@]5(C6=C4[C@@H](CCCO)c4ccnc(c4)NCSS[C@@H](NC[C@H](C)O)[C@H](C)C/C=C/5OC6=O)[C@@H]32)CCCC1. The fourth-order valence-corrected chi connectivity index (χ4v) is 13.6. The molecular weight excluding hydrogens is 707 g/mol. The minimum atomic E-state index is -0.760. The van der Waals surface area contributed by atoms with Gasteiger partial charge in [-0.25, -0.2) is 14.6 Å². The van der Waals surface area contributed by atoms with Gasteiger partial charge in [0.15, 0.2) is 0 Å². The van der Waals surface area contributed by atoms with Gasteiger partial charge >= 0.3 is 11.9 Å². The first-order valence-corrected chi connectivity index (χ1v) is 22.4. The Bertz CT molecular complexity index is 1750. The second kappa shape index (κ2) is 15.2. The van der Waals surface area contributed by atoms with Crippen LogP contribution in [0.2, 0.25) is 0 Å². The van der Waals surface area contributed by atoms with E-state index in [1.807, 2.05) is 6.20 Å². The van der Waals surface area contributed by atoms with Crippen molar-refractivity contribution in [1.29, 1.82) is 0 Å². The topological polar surface area (TPSA) is 130 Å². The van der Waals surface area contributed by atoms with Crippen molar-refractivity contribution in [1.82, 2.24) is 10.3 Å². The number of aliphatic hydroxyl groups excluding tert-OH is 2. The smallest absolute Gasteiger partial charge is 0.340 e. The molecule has 9 nitrogen and oxygen atoms in total. The summed E-state index contributed by atoms with van der Waals surface area (Å²) in [6.07, 6.45) is 16.9. The Hall–Kier alpha value is -2.57. The van der Waals surface area contributed by atoms with Crippen molar-refractivity contribution in [2.75, 3.05) is 24.3 Å². The zero-order valence-electron chi connectivity index (χ0n) is 31.3. The van der Waals surface area contributed by atoms with Crippen LogP contribution in [0.3, 0.4) is 0 Å². The van der Waals surface area contributed by atoms with Gasteiger partial charge in [-0.05, 0) is 130 Å². The van der Waals surface area contributed by atoms with Crippen LogP contribution in [-0.2, 0) is 19.1 Å². The summed E-state index contributed by atoms with van der Waals surface area (Å²) in [4.78, 5) is 33.6. The zero-order valence-corrected chi connectivity index (χ0v) is 33.0. The van der Waals surface area contributed by atoms with Crippen molar-refractivity contribution in [3.8, 4) is 0 Å². The number of anilines is 1. The number of nitrogens with one attached hydrogen (secondary N) is 2. The van der Waals surface area contributed by atoms with E-state index >= 15 is 0 Å². The Kier molecular flexibility index (Phi) is 10.7. The molecule has 1 saturated heterocycles. The molecule has 11 heteroatoms. The Morgan fingerprint density at radius 1 is 1.17 bits per heavy atom. The highest BCUT2D eigenvalue weighted by molar-refractivity contribution is 8.76. The summed E-state index contributed by atoms with van der Waals surface area (Å²) in [5, 5.41) is 27.4. The maximum Gasteiger partial charge on any atom is 0.340 e. The summed E-state index contributed by atoms with van der Waals surface area (Å²) in [6, 6.07) is 4.17. The maximum absolute atomic E-state index is 14.6. The van der Waals surface area contributed by atoms with Crippen molar-refractivity contribution in [3.05, 3.63) is 69.9 Å². The molecule has 0 radical (unpaired) electrons. The lowest BCUT2D eigenvalue weighted by Crippen LogP contribution is -2.53. The average Bonchev–Trinajstić information content (AvgIpc) is 3.84. The molecule has 1 aromatic heterocycles. The van der Waals surface area contributed by atoms with Crippen LogP contribution in [0.5, 0.6) is 0 Å². The van der Waals surface area contributed by atoms with E-state index in [1.54, 1.807) is 28.5 Å². The number of hydrogen-bond acceptors (Lipinski definition) is 11. The number of ether oxygens (including phenoxy) is 2. The third-order valence-corrected chi connectivity index (χ3v) is 16.3. The van der Waals surface area contributed by atoms with Gasteiger partial charge in [0.1, 0.15) is 17.3 Å². The molecule has 9 rings (SSSR count). The summed E-state index contributed by atoms with van der Waals surface area (Å²) >= 11 is 0. The molecule has 53 heavy (non-hydrogen) atoms. The summed E-state index contributed by atoms with van der Waals surface area (Å²) in [5.74, 6) is 2.52. The average molecular weight is 762 g/mol. The van der Waals surface area contributed by atoms with Gasteiger partial charge in [0.2, 0.25) is 0 Å². The van der Waals surface area contributed by atoms with E-state index in [0.717, 1.165) is 84.4 Å². The fraction of sp³-hybridized carbons (Fsp3) is 0.643. The highest BCUT2D eigenvalue weighted by Gasteiger charge is 2.68. The molecule has 7 bridgehead atoms. The summed E-state index contributed by atoms with van der Waals surface area (Å²) in [7, 11) is 3.44. The summed E-state index contributed by atoms with van der Waals surface area (Å²) in [6.45, 7) is 6.78. The van der Waals surface area contributed by atoms with Crippen molar-refractivity contribution < 1.29 is 29.3 Å². The van der Waals surface area contributed by atoms with Gasteiger partial charge in [-0.1, -0.05) is 48.3 Å². The molecule has 8 aliphatic rings. The molecule has 2 saturated carbocycles. The van der Waals surface area contributed by atoms with E-state index in [-0.39, 0.29) is 58.9 Å². The van der Waals surface area contributed by atoms with Crippen LogP contribution in [0.4, 0.5) is 5.82 Å². The number of allylic oxidation sites excluding steroid dienone is 5. The van der Waals surface area contributed by atoms with Crippen molar-refractivity contribution in [2.24, 2.45) is 34.5 Å².